The number of unbranched alkanes of at least 4 members (excludes halogenated alkanes) is 13. The van der Waals surface area contributed by atoms with Crippen molar-refractivity contribution in [3.63, 3.8) is 0 Å². The van der Waals surface area contributed by atoms with Crippen LogP contribution >= 0.6 is 7.82 Å². The van der Waals surface area contributed by atoms with E-state index in [1.54, 1.807) is 6.08 Å². The second-order valence-electron chi connectivity index (χ2n) is 12.9. The van der Waals surface area contributed by atoms with Gasteiger partial charge in [0.2, 0.25) is 5.91 Å². The summed E-state index contributed by atoms with van der Waals surface area (Å²) in [5.74, 6) is -0.198. The Balaban J connectivity index is 4.70. The Hall–Kier alpha value is -1.28. The smallest absolute Gasteiger partial charge is 0.387 e. The molecule has 0 saturated heterocycles. The number of quaternary nitrogens is 1. The lowest BCUT2D eigenvalue weighted by Crippen LogP contribution is -2.45. The maximum Gasteiger partial charge on any atom is 0.472 e. The number of aliphatic hydroxyl groups is 1. The lowest BCUT2D eigenvalue weighted by atomic mass is 10.1. The number of phosphoric ester groups is 1. The van der Waals surface area contributed by atoms with Gasteiger partial charge in [-0.3, -0.25) is 13.8 Å². The molecule has 0 aromatic heterocycles. The van der Waals surface area contributed by atoms with Crippen molar-refractivity contribution in [3.8, 4) is 0 Å². The van der Waals surface area contributed by atoms with Crippen LogP contribution in [0.5, 0.6) is 0 Å². The lowest BCUT2D eigenvalue weighted by Gasteiger charge is -2.25. The maximum absolute atomic E-state index is 12.7. The molecule has 0 aliphatic heterocycles. The number of hydrogen-bond acceptors (Lipinski definition) is 5. The van der Waals surface area contributed by atoms with Gasteiger partial charge in [0, 0.05) is 6.42 Å². The molecule has 0 rings (SSSR count). The zero-order valence-electron chi connectivity index (χ0n) is 28.9. The molecule has 3 unspecified atom stereocenters. The molecular formula is C35H68N2O6P+. The number of rotatable bonds is 30. The summed E-state index contributed by atoms with van der Waals surface area (Å²) in [5, 5.41) is 13.6. The highest BCUT2D eigenvalue weighted by atomic mass is 31.2. The number of carbonyl (C=O) groups is 1. The number of allylic oxidation sites excluding steroid dienone is 5. The summed E-state index contributed by atoms with van der Waals surface area (Å²) in [7, 11) is 1.54. The number of phosphoric acid groups is 1. The number of nitrogens with one attached hydrogen (secondary N) is 1. The number of amides is 1. The molecule has 0 aromatic rings. The van der Waals surface area contributed by atoms with E-state index in [1.807, 2.05) is 27.2 Å². The van der Waals surface area contributed by atoms with E-state index in [9.17, 15) is 19.4 Å². The Morgan fingerprint density at radius 3 is 1.80 bits per heavy atom. The minimum atomic E-state index is -4.33. The fraction of sp³-hybridized carbons (Fsp3) is 0.800. The van der Waals surface area contributed by atoms with Gasteiger partial charge in [0.05, 0.1) is 39.9 Å². The highest BCUT2D eigenvalue weighted by Gasteiger charge is 2.27. The van der Waals surface area contributed by atoms with E-state index >= 15 is 0 Å². The van der Waals surface area contributed by atoms with Crippen LogP contribution in [0.2, 0.25) is 0 Å². The summed E-state index contributed by atoms with van der Waals surface area (Å²) in [5.41, 5.74) is 0. The Bertz CT molecular complexity index is 825. The van der Waals surface area contributed by atoms with Crippen molar-refractivity contribution in [3.05, 3.63) is 36.5 Å². The van der Waals surface area contributed by atoms with Gasteiger partial charge in [-0.1, -0.05) is 121 Å². The van der Waals surface area contributed by atoms with Crippen LogP contribution in [0.15, 0.2) is 36.5 Å². The minimum Gasteiger partial charge on any atom is -0.387 e. The zero-order valence-corrected chi connectivity index (χ0v) is 29.8. The molecule has 0 spiro atoms. The van der Waals surface area contributed by atoms with Crippen LogP contribution in [0.4, 0.5) is 0 Å². The van der Waals surface area contributed by atoms with Gasteiger partial charge in [0.25, 0.3) is 0 Å². The number of hydrogen-bond donors (Lipinski definition) is 3. The number of carbonyl (C=O) groups excluding carboxylic acids is 1. The average Bonchev–Trinajstić information content (AvgIpc) is 2.95. The first-order chi connectivity index (χ1) is 21.0. The van der Waals surface area contributed by atoms with Crippen molar-refractivity contribution in [2.24, 2.45) is 0 Å². The molecule has 258 valence electrons. The van der Waals surface area contributed by atoms with Gasteiger partial charge >= 0.3 is 7.82 Å². The first-order valence-electron chi connectivity index (χ1n) is 17.4. The molecule has 0 heterocycles. The van der Waals surface area contributed by atoms with Gasteiger partial charge in [-0.25, -0.2) is 4.57 Å². The van der Waals surface area contributed by atoms with Crippen molar-refractivity contribution in [1.82, 2.24) is 5.32 Å². The summed E-state index contributed by atoms with van der Waals surface area (Å²) >= 11 is 0. The number of aliphatic hydroxyl groups excluding tert-OH is 1. The fourth-order valence-electron chi connectivity index (χ4n) is 4.47. The molecule has 44 heavy (non-hydrogen) atoms. The minimum absolute atomic E-state index is 0.0537. The van der Waals surface area contributed by atoms with Crippen LogP contribution in [0.1, 0.15) is 129 Å². The second-order valence-corrected chi connectivity index (χ2v) is 14.3. The summed E-state index contributed by atoms with van der Waals surface area (Å²) < 4.78 is 23.3. The first-order valence-corrected chi connectivity index (χ1v) is 18.9. The van der Waals surface area contributed by atoms with E-state index in [1.165, 1.54) is 57.8 Å². The van der Waals surface area contributed by atoms with Crippen molar-refractivity contribution < 1.29 is 32.9 Å². The van der Waals surface area contributed by atoms with E-state index in [0.29, 0.717) is 17.4 Å². The Labute approximate surface area is 270 Å². The molecule has 0 aliphatic rings. The van der Waals surface area contributed by atoms with Crippen LogP contribution in [0, 0.1) is 0 Å². The molecule has 9 heteroatoms. The zero-order chi connectivity index (χ0) is 32.9. The molecule has 0 radical (unpaired) electrons. The average molecular weight is 644 g/mol. The van der Waals surface area contributed by atoms with Crippen molar-refractivity contribution in [1.29, 1.82) is 0 Å². The summed E-state index contributed by atoms with van der Waals surface area (Å²) in [6, 6.07) is -0.862. The third-order valence-electron chi connectivity index (χ3n) is 7.34. The Morgan fingerprint density at radius 1 is 0.750 bits per heavy atom. The normalized spacial score (nSPS) is 15.3. The van der Waals surface area contributed by atoms with Gasteiger partial charge in [-0.05, 0) is 38.5 Å². The van der Waals surface area contributed by atoms with Crippen LogP contribution in [-0.4, -0.2) is 73.4 Å². The monoisotopic (exact) mass is 643 g/mol. The summed E-state index contributed by atoms with van der Waals surface area (Å²) in [6.45, 7) is 4.68. The van der Waals surface area contributed by atoms with Gasteiger partial charge in [0.1, 0.15) is 13.2 Å². The van der Waals surface area contributed by atoms with Crippen LogP contribution in [-0.2, 0) is 18.4 Å². The summed E-state index contributed by atoms with van der Waals surface area (Å²) in [4.78, 5) is 22.8. The highest BCUT2D eigenvalue weighted by Crippen LogP contribution is 2.43. The predicted octanol–water partition coefficient (Wildman–Crippen LogP) is 8.40. The third-order valence-corrected chi connectivity index (χ3v) is 8.32. The highest BCUT2D eigenvalue weighted by molar-refractivity contribution is 7.47. The lowest BCUT2D eigenvalue weighted by molar-refractivity contribution is -0.870. The molecule has 3 atom stereocenters. The SMILES string of the molecule is CCCC/C=C/CC/C=C/CC/C=C/C(O)C(COP(=O)(O)OCC[N+](C)(C)C)NC(=O)CCCCCCCCCCCC. The van der Waals surface area contributed by atoms with E-state index in [0.717, 1.165) is 51.4 Å². The van der Waals surface area contributed by atoms with Gasteiger partial charge in [0.15, 0.2) is 0 Å². The van der Waals surface area contributed by atoms with E-state index in [2.05, 4.69) is 43.5 Å². The van der Waals surface area contributed by atoms with Crippen LogP contribution in [0.3, 0.4) is 0 Å². The quantitative estimate of drug-likeness (QED) is 0.0314. The fourth-order valence-corrected chi connectivity index (χ4v) is 5.20. The molecular weight excluding hydrogens is 575 g/mol. The predicted molar refractivity (Wildman–Crippen MR) is 184 cm³/mol. The molecule has 0 aromatic carbocycles. The molecule has 1 amide bonds. The van der Waals surface area contributed by atoms with Crippen molar-refractivity contribution in [2.75, 3.05) is 40.9 Å². The molecule has 0 bridgehead atoms. The van der Waals surface area contributed by atoms with Gasteiger partial charge in [-0.2, -0.15) is 0 Å². The first kappa shape index (κ1) is 42.7. The maximum atomic E-state index is 12.7. The van der Waals surface area contributed by atoms with Gasteiger partial charge in [-0.15, -0.1) is 0 Å². The number of likely N-dealkylation sites (N-methyl/N-ethyl adjacent to an activating group) is 1. The van der Waals surface area contributed by atoms with E-state index in [4.69, 9.17) is 9.05 Å². The van der Waals surface area contributed by atoms with Crippen LogP contribution < -0.4 is 5.32 Å². The summed E-state index contributed by atoms with van der Waals surface area (Å²) in [6.07, 6.45) is 30.7. The Morgan fingerprint density at radius 2 is 1.25 bits per heavy atom. The second kappa shape index (κ2) is 28.0. The Kier molecular flexibility index (Phi) is 27.2. The molecule has 8 nitrogen and oxygen atoms in total. The van der Waals surface area contributed by atoms with E-state index in [-0.39, 0.29) is 19.1 Å². The van der Waals surface area contributed by atoms with Crippen LogP contribution in [0.25, 0.3) is 0 Å². The topological polar surface area (TPSA) is 105 Å². The molecule has 0 fully saturated rings. The van der Waals surface area contributed by atoms with Gasteiger partial charge < -0.3 is 19.8 Å². The molecule has 0 aliphatic carbocycles. The standard InChI is InChI=1S/C35H67N2O6P/c1-6-8-10-12-14-16-18-19-20-22-24-26-28-34(38)33(32-43-44(40,41)42-31-30-37(3,4)5)36-35(39)29-27-25-23-21-17-15-13-11-9-7-2/h12,14,19-20,26,28,33-34,38H,6-11,13,15-18,21-25,27,29-32H2,1-5H3,(H-,36,39,40,41)/p+1/b14-12+,20-19+,28-26+. The van der Waals surface area contributed by atoms with Crippen molar-refractivity contribution in [2.45, 2.75) is 142 Å². The largest absolute Gasteiger partial charge is 0.472 e. The third kappa shape index (κ3) is 29.4. The number of nitrogens with zero attached hydrogens (tertiary/aromatic N) is 1. The molecule has 3 N–H and O–H groups in total. The van der Waals surface area contributed by atoms with E-state index < -0.39 is 20.0 Å². The molecule has 0 saturated carbocycles. The van der Waals surface area contributed by atoms with Crippen molar-refractivity contribution >= 4 is 13.7 Å².